The molecule has 0 spiro atoms. The molecule has 0 heterocycles. The molecular weight excluding hydrogens is 275 g/mol. The second kappa shape index (κ2) is 6.73. The zero-order valence-corrected chi connectivity index (χ0v) is 12.4. The van der Waals surface area contributed by atoms with Gasteiger partial charge in [0.05, 0.1) is 0 Å². The molecule has 0 saturated carbocycles. The number of hydrogen-bond acceptors (Lipinski definition) is 2. The van der Waals surface area contributed by atoms with E-state index in [2.05, 4.69) is 5.32 Å². The van der Waals surface area contributed by atoms with Crippen LogP contribution in [-0.2, 0) is 6.54 Å². The van der Waals surface area contributed by atoms with Crippen LogP contribution in [0.1, 0.15) is 12.5 Å². The number of hydrogen-bond donors (Lipinski definition) is 1. The summed E-state index contributed by atoms with van der Waals surface area (Å²) in [5, 5.41) is 3.79. The van der Waals surface area contributed by atoms with E-state index in [1.54, 1.807) is 6.07 Å². The standard InChI is InChI=1S/C16H18ClFN2/c1-3-20(14-6-4-5-13(18)9-14)15-8-7-12(11-19-2)16(17)10-15/h4-10,19H,3,11H2,1-2H3. The number of halogens is 2. The lowest BCUT2D eigenvalue weighted by molar-refractivity contribution is 0.627. The fraction of sp³-hybridized carbons (Fsp3) is 0.250. The highest BCUT2D eigenvalue weighted by molar-refractivity contribution is 6.31. The topological polar surface area (TPSA) is 15.3 Å². The minimum absolute atomic E-state index is 0.237. The summed E-state index contributed by atoms with van der Waals surface area (Å²) >= 11 is 6.29. The third kappa shape index (κ3) is 3.30. The van der Waals surface area contributed by atoms with Gasteiger partial charge in [-0.25, -0.2) is 4.39 Å². The summed E-state index contributed by atoms with van der Waals surface area (Å²) in [6.45, 7) is 3.50. The molecule has 0 saturated heterocycles. The van der Waals surface area contributed by atoms with Gasteiger partial charge in [0.1, 0.15) is 5.82 Å². The second-order valence-corrected chi connectivity index (χ2v) is 4.94. The monoisotopic (exact) mass is 292 g/mol. The van der Waals surface area contributed by atoms with Crippen molar-refractivity contribution in [1.29, 1.82) is 0 Å². The average Bonchev–Trinajstić information content (AvgIpc) is 2.43. The third-order valence-electron chi connectivity index (χ3n) is 3.15. The first-order chi connectivity index (χ1) is 9.65. The Morgan fingerprint density at radius 1 is 1.15 bits per heavy atom. The third-order valence-corrected chi connectivity index (χ3v) is 3.50. The van der Waals surface area contributed by atoms with E-state index in [1.165, 1.54) is 12.1 Å². The van der Waals surface area contributed by atoms with Crippen LogP contribution in [0.3, 0.4) is 0 Å². The quantitative estimate of drug-likeness (QED) is 0.881. The van der Waals surface area contributed by atoms with Gasteiger partial charge in [0, 0.05) is 29.5 Å². The van der Waals surface area contributed by atoms with Crippen LogP contribution in [0.2, 0.25) is 5.02 Å². The molecule has 2 nitrogen and oxygen atoms in total. The number of rotatable bonds is 5. The van der Waals surface area contributed by atoms with Crippen LogP contribution in [0.15, 0.2) is 42.5 Å². The summed E-state index contributed by atoms with van der Waals surface area (Å²) in [5.41, 5.74) is 2.83. The van der Waals surface area contributed by atoms with Crippen LogP contribution in [0, 0.1) is 5.82 Å². The van der Waals surface area contributed by atoms with Crippen molar-refractivity contribution < 1.29 is 4.39 Å². The second-order valence-electron chi connectivity index (χ2n) is 4.53. The Kier molecular flexibility index (Phi) is 4.99. The lowest BCUT2D eigenvalue weighted by Crippen LogP contribution is -2.16. The van der Waals surface area contributed by atoms with Gasteiger partial charge in [-0.1, -0.05) is 23.7 Å². The Bertz CT molecular complexity index is 586. The molecule has 0 aliphatic carbocycles. The molecule has 1 N–H and O–H groups in total. The molecule has 2 aromatic rings. The molecular formula is C16H18ClFN2. The van der Waals surface area contributed by atoms with Crippen molar-refractivity contribution in [3.63, 3.8) is 0 Å². The highest BCUT2D eigenvalue weighted by Crippen LogP contribution is 2.29. The van der Waals surface area contributed by atoms with Gasteiger partial charge in [0.25, 0.3) is 0 Å². The maximum absolute atomic E-state index is 13.4. The van der Waals surface area contributed by atoms with Crippen molar-refractivity contribution in [2.45, 2.75) is 13.5 Å². The van der Waals surface area contributed by atoms with E-state index >= 15 is 0 Å². The summed E-state index contributed by atoms with van der Waals surface area (Å²) in [6, 6.07) is 12.5. The van der Waals surface area contributed by atoms with Gasteiger partial charge in [0.2, 0.25) is 0 Å². The molecule has 2 rings (SSSR count). The van der Waals surface area contributed by atoms with Gasteiger partial charge < -0.3 is 10.2 Å². The van der Waals surface area contributed by atoms with E-state index in [0.717, 1.165) is 30.0 Å². The predicted octanol–water partition coefficient (Wildman–Crippen LogP) is 4.36. The molecule has 0 bridgehead atoms. The first-order valence-corrected chi connectivity index (χ1v) is 6.99. The molecule has 106 valence electrons. The Labute approximate surface area is 124 Å². The summed E-state index contributed by atoms with van der Waals surface area (Å²) in [6.07, 6.45) is 0. The lowest BCUT2D eigenvalue weighted by Gasteiger charge is -2.24. The van der Waals surface area contributed by atoms with Crippen LogP contribution in [0.5, 0.6) is 0 Å². The first kappa shape index (κ1) is 14.8. The first-order valence-electron chi connectivity index (χ1n) is 6.62. The Morgan fingerprint density at radius 3 is 2.50 bits per heavy atom. The zero-order chi connectivity index (χ0) is 14.5. The molecule has 4 heteroatoms. The molecule has 0 aromatic heterocycles. The number of benzene rings is 2. The van der Waals surface area contributed by atoms with Crippen molar-refractivity contribution in [3.05, 3.63) is 58.9 Å². The van der Waals surface area contributed by atoms with Crippen molar-refractivity contribution >= 4 is 23.0 Å². The van der Waals surface area contributed by atoms with E-state index < -0.39 is 0 Å². The Hall–Kier alpha value is -1.58. The van der Waals surface area contributed by atoms with Crippen molar-refractivity contribution in [1.82, 2.24) is 5.32 Å². The van der Waals surface area contributed by atoms with Crippen LogP contribution in [-0.4, -0.2) is 13.6 Å². The maximum atomic E-state index is 13.4. The minimum Gasteiger partial charge on any atom is -0.342 e. The van der Waals surface area contributed by atoms with Crippen molar-refractivity contribution in [3.8, 4) is 0 Å². The van der Waals surface area contributed by atoms with Gasteiger partial charge in [-0.15, -0.1) is 0 Å². The van der Waals surface area contributed by atoms with Crippen LogP contribution in [0.4, 0.5) is 15.8 Å². The molecule has 20 heavy (non-hydrogen) atoms. The van der Waals surface area contributed by atoms with Crippen LogP contribution >= 0.6 is 11.6 Å². The highest BCUT2D eigenvalue weighted by atomic mass is 35.5. The van der Waals surface area contributed by atoms with Gasteiger partial charge in [0.15, 0.2) is 0 Å². The Balaban J connectivity index is 2.35. The van der Waals surface area contributed by atoms with Crippen molar-refractivity contribution in [2.24, 2.45) is 0 Å². The molecule has 0 aliphatic heterocycles. The van der Waals surface area contributed by atoms with E-state index in [4.69, 9.17) is 11.6 Å². The molecule has 0 radical (unpaired) electrons. The summed E-state index contributed by atoms with van der Waals surface area (Å²) in [7, 11) is 1.88. The lowest BCUT2D eigenvalue weighted by atomic mass is 10.1. The smallest absolute Gasteiger partial charge is 0.125 e. The van der Waals surface area contributed by atoms with Gasteiger partial charge >= 0.3 is 0 Å². The van der Waals surface area contributed by atoms with E-state index in [0.29, 0.717) is 5.02 Å². The maximum Gasteiger partial charge on any atom is 0.125 e. The average molecular weight is 293 g/mol. The van der Waals surface area contributed by atoms with Gasteiger partial charge in [-0.2, -0.15) is 0 Å². The predicted molar refractivity (Wildman–Crippen MR) is 83.3 cm³/mol. The zero-order valence-electron chi connectivity index (χ0n) is 11.7. The summed E-state index contributed by atoms with van der Waals surface area (Å²) in [4.78, 5) is 2.03. The van der Waals surface area contributed by atoms with Crippen LogP contribution in [0.25, 0.3) is 0 Å². The normalized spacial score (nSPS) is 10.6. The molecule has 0 aliphatic rings. The van der Waals surface area contributed by atoms with Crippen molar-refractivity contribution in [2.75, 3.05) is 18.5 Å². The molecule has 0 unspecified atom stereocenters. The highest BCUT2D eigenvalue weighted by Gasteiger charge is 2.10. The number of nitrogens with one attached hydrogen (secondary N) is 1. The molecule has 0 atom stereocenters. The largest absolute Gasteiger partial charge is 0.342 e. The van der Waals surface area contributed by atoms with E-state index in [9.17, 15) is 4.39 Å². The fourth-order valence-corrected chi connectivity index (χ4v) is 2.44. The SMILES string of the molecule is CCN(c1cccc(F)c1)c1ccc(CNC)c(Cl)c1. The van der Waals surface area contributed by atoms with E-state index in [1.807, 2.05) is 43.1 Å². The minimum atomic E-state index is -0.237. The summed E-state index contributed by atoms with van der Waals surface area (Å²) in [5.74, 6) is -0.237. The summed E-state index contributed by atoms with van der Waals surface area (Å²) < 4.78 is 13.4. The molecule has 0 amide bonds. The fourth-order valence-electron chi connectivity index (χ4n) is 2.20. The van der Waals surface area contributed by atoms with E-state index in [-0.39, 0.29) is 5.82 Å². The van der Waals surface area contributed by atoms with Gasteiger partial charge in [-0.05, 0) is 49.9 Å². The van der Waals surface area contributed by atoms with Crippen LogP contribution < -0.4 is 10.2 Å². The molecule has 2 aromatic carbocycles. The number of nitrogens with zero attached hydrogens (tertiary/aromatic N) is 1. The van der Waals surface area contributed by atoms with Gasteiger partial charge in [-0.3, -0.25) is 0 Å². The number of anilines is 2. The molecule has 0 fully saturated rings. The Morgan fingerprint density at radius 2 is 1.90 bits per heavy atom.